The molecule has 0 bridgehead atoms. The van der Waals surface area contributed by atoms with Gasteiger partial charge in [-0.2, -0.15) is 0 Å². The van der Waals surface area contributed by atoms with Crippen molar-refractivity contribution in [1.82, 2.24) is 0 Å². The standard InChI is InChI=1S/C12H17B/c1-3-7-12(8-4-1)11-13-9-5-2-6-10-13/h1,3-4,7-8H,2,5-6,9-11H2. The highest BCUT2D eigenvalue weighted by molar-refractivity contribution is 6.58. The molecule has 0 aliphatic carbocycles. The molecule has 1 fully saturated rings. The van der Waals surface area contributed by atoms with E-state index in [-0.39, 0.29) is 0 Å². The van der Waals surface area contributed by atoms with Gasteiger partial charge in [0.2, 0.25) is 0 Å². The van der Waals surface area contributed by atoms with Crippen LogP contribution in [0.2, 0.25) is 12.6 Å². The third kappa shape index (κ3) is 2.62. The molecule has 13 heavy (non-hydrogen) atoms. The van der Waals surface area contributed by atoms with E-state index in [0.717, 1.165) is 6.71 Å². The normalized spacial score (nSPS) is 17.4. The van der Waals surface area contributed by atoms with Gasteiger partial charge in [-0.15, -0.1) is 0 Å². The highest BCUT2D eigenvalue weighted by atomic mass is 14.0. The molecular weight excluding hydrogens is 155 g/mol. The van der Waals surface area contributed by atoms with Crippen molar-refractivity contribution < 1.29 is 0 Å². The van der Waals surface area contributed by atoms with E-state index in [4.69, 9.17) is 0 Å². The summed E-state index contributed by atoms with van der Waals surface area (Å²) in [5.41, 5.74) is 1.52. The summed E-state index contributed by atoms with van der Waals surface area (Å²) in [6, 6.07) is 10.9. The lowest BCUT2D eigenvalue weighted by molar-refractivity contribution is 0.719. The topological polar surface area (TPSA) is 0 Å². The molecule has 2 rings (SSSR count). The maximum absolute atomic E-state index is 2.26. The van der Waals surface area contributed by atoms with Gasteiger partial charge in [-0.1, -0.05) is 67.8 Å². The van der Waals surface area contributed by atoms with E-state index in [9.17, 15) is 0 Å². The molecule has 1 aromatic carbocycles. The number of benzene rings is 1. The first kappa shape index (κ1) is 8.86. The Balaban J connectivity index is 1.90. The summed E-state index contributed by atoms with van der Waals surface area (Å²) in [7, 11) is 0. The second-order valence-corrected chi connectivity index (χ2v) is 4.19. The predicted octanol–water partition coefficient (Wildman–Crippen LogP) is 3.45. The first-order chi connectivity index (χ1) is 6.45. The molecule has 1 saturated heterocycles. The van der Waals surface area contributed by atoms with Gasteiger partial charge in [0.15, 0.2) is 0 Å². The highest BCUT2D eigenvalue weighted by Crippen LogP contribution is 2.21. The fraction of sp³-hybridized carbons (Fsp3) is 0.500. The molecule has 0 atom stereocenters. The van der Waals surface area contributed by atoms with E-state index < -0.39 is 0 Å². The summed E-state index contributed by atoms with van der Waals surface area (Å²) >= 11 is 0. The molecule has 1 heteroatoms. The van der Waals surface area contributed by atoms with Crippen molar-refractivity contribution in [3.63, 3.8) is 0 Å². The smallest absolute Gasteiger partial charge is 0.0739 e. The van der Waals surface area contributed by atoms with Gasteiger partial charge in [0.05, 0.1) is 0 Å². The Kier molecular flexibility index (Phi) is 3.07. The van der Waals surface area contributed by atoms with Crippen LogP contribution in [0.15, 0.2) is 30.3 Å². The molecule has 0 radical (unpaired) electrons. The molecule has 0 saturated carbocycles. The molecule has 0 amide bonds. The third-order valence-corrected chi connectivity index (χ3v) is 3.09. The van der Waals surface area contributed by atoms with Crippen molar-refractivity contribution in [3.8, 4) is 0 Å². The Morgan fingerprint density at radius 3 is 2.31 bits per heavy atom. The first-order valence-electron chi connectivity index (χ1n) is 5.49. The Bertz CT molecular complexity index is 237. The fourth-order valence-corrected chi connectivity index (χ4v) is 2.34. The summed E-state index contributed by atoms with van der Waals surface area (Å²) in [4.78, 5) is 0. The maximum Gasteiger partial charge on any atom is 0.144 e. The largest absolute Gasteiger partial charge is 0.144 e. The van der Waals surface area contributed by atoms with Gasteiger partial charge in [-0.25, -0.2) is 0 Å². The van der Waals surface area contributed by atoms with E-state index in [1.165, 1.54) is 43.8 Å². The average molecular weight is 172 g/mol. The Labute approximate surface area is 81.4 Å². The second kappa shape index (κ2) is 4.50. The van der Waals surface area contributed by atoms with Gasteiger partial charge in [-0.3, -0.25) is 0 Å². The molecule has 1 heterocycles. The van der Waals surface area contributed by atoms with Gasteiger partial charge in [-0.05, 0) is 6.32 Å². The zero-order valence-electron chi connectivity index (χ0n) is 8.21. The summed E-state index contributed by atoms with van der Waals surface area (Å²) in [6.45, 7) is 0.969. The van der Waals surface area contributed by atoms with Crippen molar-refractivity contribution >= 4 is 6.71 Å². The van der Waals surface area contributed by atoms with Crippen molar-refractivity contribution in [2.75, 3.05) is 0 Å². The molecule has 68 valence electrons. The van der Waals surface area contributed by atoms with E-state index in [0.29, 0.717) is 0 Å². The molecule has 0 nitrogen and oxygen atoms in total. The molecule has 1 aliphatic rings. The molecule has 1 aromatic rings. The van der Waals surface area contributed by atoms with Crippen LogP contribution in [0.1, 0.15) is 24.8 Å². The molecule has 1 aliphatic heterocycles. The Hall–Kier alpha value is -0.715. The molecule has 0 unspecified atom stereocenters. The fourth-order valence-electron chi connectivity index (χ4n) is 2.34. The lowest BCUT2D eigenvalue weighted by Gasteiger charge is -2.18. The number of hydrogen-bond acceptors (Lipinski definition) is 0. The zero-order valence-corrected chi connectivity index (χ0v) is 8.21. The van der Waals surface area contributed by atoms with Crippen LogP contribution in [0.25, 0.3) is 0 Å². The summed E-state index contributed by atoms with van der Waals surface area (Å²) in [5.74, 6) is 0. The molecular formula is C12H17B. The van der Waals surface area contributed by atoms with Crippen LogP contribution in [-0.2, 0) is 6.32 Å². The van der Waals surface area contributed by atoms with Crippen LogP contribution in [0, 0.1) is 0 Å². The third-order valence-electron chi connectivity index (χ3n) is 3.09. The van der Waals surface area contributed by atoms with Gasteiger partial charge >= 0.3 is 0 Å². The number of rotatable bonds is 2. The Morgan fingerprint density at radius 1 is 0.923 bits per heavy atom. The van der Waals surface area contributed by atoms with Gasteiger partial charge < -0.3 is 0 Å². The van der Waals surface area contributed by atoms with Crippen LogP contribution in [0.5, 0.6) is 0 Å². The van der Waals surface area contributed by atoms with Crippen LogP contribution in [-0.4, -0.2) is 6.71 Å². The molecule has 0 spiro atoms. The Morgan fingerprint density at radius 2 is 1.62 bits per heavy atom. The van der Waals surface area contributed by atoms with Crippen molar-refractivity contribution in [3.05, 3.63) is 35.9 Å². The van der Waals surface area contributed by atoms with Gasteiger partial charge in [0.1, 0.15) is 6.71 Å². The first-order valence-corrected chi connectivity index (χ1v) is 5.49. The summed E-state index contributed by atoms with van der Waals surface area (Å²) in [5, 5.41) is 0. The van der Waals surface area contributed by atoms with Gasteiger partial charge in [0, 0.05) is 0 Å². The van der Waals surface area contributed by atoms with E-state index in [1.54, 1.807) is 0 Å². The monoisotopic (exact) mass is 172 g/mol. The van der Waals surface area contributed by atoms with Crippen molar-refractivity contribution in [1.29, 1.82) is 0 Å². The van der Waals surface area contributed by atoms with Crippen LogP contribution in [0.4, 0.5) is 0 Å². The van der Waals surface area contributed by atoms with E-state index in [2.05, 4.69) is 30.3 Å². The quantitative estimate of drug-likeness (QED) is 0.599. The summed E-state index contributed by atoms with van der Waals surface area (Å²) < 4.78 is 0. The molecule has 0 N–H and O–H groups in total. The SMILES string of the molecule is c1ccc(CB2CCCCC2)cc1. The van der Waals surface area contributed by atoms with Crippen LogP contribution >= 0.6 is 0 Å². The second-order valence-electron chi connectivity index (χ2n) is 4.19. The minimum absolute atomic E-state index is 0.969. The minimum Gasteiger partial charge on any atom is -0.0739 e. The van der Waals surface area contributed by atoms with E-state index >= 15 is 0 Å². The maximum atomic E-state index is 2.26. The van der Waals surface area contributed by atoms with E-state index in [1.807, 2.05) is 0 Å². The highest BCUT2D eigenvalue weighted by Gasteiger charge is 2.16. The minimum atomic E-state index is 0.969. The zero-order chi connectivity index (χ0) is 8.93. The van der Waals surface area contributed by atoms with Crippen LogP contribution in [0.3, 0.4) is 0 Å². The lowest BCUT2D eigenvalue weighted by atomic mass is 9.39. The van der Waals surface area contributed by atoms with Crippen LogP contribution < -0.4 is 0 Å². The average Bonchev–Trinajstić information content (AvgIpc) is 2.21. The van der Waals surface area contributed by atoms with Crippen molar-refractivity contribution in [2.24, 2.45) is 0 Å². The lowest BCUT2D eigenvalue weighted by Crippen LogP contribution is -2.19. The number of hydrogen-bond donors (Lipinski definition) is 0. The molecule has 0 aromatic heterocycles. The predicted molar refractivity (Wildman–Crippen MR) is 59.4 cm³/mol. The summed E-state index contributed by atoms with van der Waals surface area (Å²) in [6.07, 6.45) is 8.59. The van der Waals surface area contributed by atoms with Gasteiger partial charge in [0.25, 0.3) is 0 Å². The van der Waals surface area contributed by atoms with Crippen molar-refractivity contribution in [2.45, 2.75) is 38.2 Å².